The first-order valence-corrected chi connectivity index (χ1v) is 9.33. The molecule has 0 amide bonds. The van der Waals surface area contributed by atoms with Crippen LogP contribution < -0.4 is 0 Å². The number of nitrogens with zero attached hydrogens (tertiary/aromatic N) is 4. The Hall–Kier alpha value is -3.80. The predicted octanol–water partition coefficient (Wildman–Crippen LogP) is 4.46. The molecule has 29 heavy (non-hydrogen) atoms. The van der Waals surface area contributed by atoms with Crippen molar-refractivity contribution in [3.05, 3.63) is 96.1 Å². The number of Topliss-reactive ketones (excluding diaryl/α,β-unsaturated/α-hetero) is 1. The lowest BCUT2D eigenvalue weighted by Crippen LogP contribution is -2.11. The van der Waals surface area contributed by atoms with Crippen LogP contribution in [0, 0.1) is 5.82 Å². The lowest BCUT2D eigenvalue weighted by atomic mass is 10.1. The summed E-state index contributed by atoms with van der Waals surface area (Å²) in [4.78, 5) is 12.4. The molecule has 0 aliphatic heterocycles. The molecule has 6 heteroatoms. The van der Waals surface area contributed by atoms with Crippen LogP contribution in [0.4, 0.5) is 4.39 Å². The van der Waals surface area contributed by atoms with Gasteiger partial charge in [0, 0.05) is 27.4 Å². The van der Waals surface area contributed by atoms with Crippen LogP contribution in [0.3, 0.4) is 0 Å². The summed E-state index contributed by atoms with van der Waals surface area (Å²) in [6, 6.07) is 22.1. The molecular formula is C23H17FN4O. The van der Waals surface area contributed by atoms with Crippen LogP contribution in [0.15, 0.2) is 79.0 Å². The van der Waals surface area contributed by atoms with Crippen molar-refractivity contribution in [2.45, 2.75) is 13.1 Å². The Morgan fingerprint density at radius 1 is 0.862 bits per heavy atom. The third kappa shape index (κ3) is 3.18. The molecule has 0 N–H and O–H groups in total. The molecule has 2 aromatic heterocycles. The maximum Gasteiger partial charge on any atom is 0.184 e. The van der Waals surface area contributed by atoms with Gasteiger partial charge in [0.2, 0.25) is 0 Å². The molecule has 0 spiro atoms. The van der Waals surface area contributed by atoms with Gasteiger partial charge in [0.25, 0.3) is 0 Å². The average molecular weight is 384 g/mol. The second-order valence-electron chi connectivity index (χ2n) is 6.96. The van der Waals surface area contributed by atoms with E-state index >= 15 is 0 Å². The summed E-state index contributed by atoms with van der Waals surface area (Å²) in [6.45, 7) is 0.616. The highest BCUT2D eigenvalue weighted by Gasteiger charge is 2.13. The standard InChI is InChI=1S/C23H17FN4O/c24-17-11-9-16(10-12-17)23(29)15-27-13-18(25-26-27)14-28-21-7-3-1-5-19(21)20-6-2-4-8-22(20)28/h1-13H,14-15H2. The van der Waals surface area contributed by atoms with Gasteiger partial charge >= 0.3 is 0 Å². The minimum absolute atomic E-state index is 0.0613. The molecule has 0 bridgehead atoms. The van der Waals surface area contributed by atoms with E-state index in [1.54, 1.807) is 6.20 Å². The number of ketones is 1. The number of carbonyl (C=O) groups is 1. The van der Waals surface area contributed by atoms with Gasteiger partial charge in [-0.1, -0.05) is 41.6 Å². The molecule has 0 radical (unpaired) electrons. The molecule has 0 aliphatic carbocycles. The van der Waals surface area contributed by atoms with Crippen molar-refractivity contribution in [3.63, 3.8) is 0 Å². The molecule has 0 saturated heterocycles. The second kappa shape index (κ2) is 6.98. The fourth-order valence-corrected chi connectivity index (χ4v) is 3.70. The van der Waals surface area contributed by atoms with Gasteiger partial charge in [-0.2, -0.15) is 0 Å². The van der Waals surface area contributed by atoms with Crippen molar-refractivity contribution in [1.29, 1.82) is 0 Å². The van der Waals surface area contributed by atoms with Crippen LogP contribution in [0.1, 0.15) is 16.1 Å². The van der Waals surface area contributed by atoms with Crippen molar-refractivity contribution in [1.82, 2.24) is 19.6 Å². The number of benzene rings is 3. The Morgan fingerprint density at radius 3 is 2.14 bits per heavy atom. The Balaban J connectivity index is 1.43. The number of carbonyl (C=O) groups excluding carboxylic acids is 1. The molecule has 142 valence electrons. The number of fused-ring (bicyclic) bond motifs is 3. The van der Waals surface area contributed by atoms with Crippen LogP contribution >= 0.6 is 0 Å². The summed E-state index contributed by atoms with van der Waals surface area (Å²) < 4.78 is 16.8. The molecule has 5 nitrogen and oxygen atoms in total. The molecule has 5 aromatic rings. The molecule has 3 aromatic carbocycles. The first-order chi connectivity index (χ1) is 14.2. The zero-order chi connectivity index (χ0) is 19.8. The zero-order valence-corrected chi connectivity index (χ0v) is 15.5. The third-order valence-electron chi connectivity index (χ3n) is 5.06. The topological polar surface area (TPSA) is 52.7 Å². The smallest absolute Gasteiger partial charge is 0.184 e. The van der Waals surface area contributed by atoms with Gasteiger partial charge < -0.3 is 4.57 Å². The van der Waals surface area contributed by atoms with Crippen molar-refractivity contribution in [2.75, 3.05) is 0 Å². The first kappa shape index (κ1) is 17.3. The van der Waals surface area contributed by atoms with E-state index in [0.717, 1.165) is 16.7 Å². The third-order valence-corrected chi connectivity index (χ3v) is 5.06. The summed E-state index contributed by atoms with van der Waals surface area (Å²) in [7, 11) is 0. The van der Waals surface area contributed by atoms with Gasteiger partial charge in [-0.05, 0) is 36.4 Å². The number of hydrogen-bond acceptors (Lipinski definition) is 3. The van der Waals surface area contributed by atoms with E-state index in [-0.39, 0.29) is 18.1 Å². The Kier molecular flexibility index (Phi) is 4.17. The largest absolute Gasteiger partial charge is 0.334 e. The van der Waals surface area contributed by atoms with Gasteiger partial charge in [0.05, 0.1) is 12.7 Å². The minimum Gasteiger partial charge on any atom is -0.334 e. The lowest BCUT2D eigenvalue weighted by Gasteiger charge is -2.04. The highest BCUT2D eigenvalue weighted by atomic mass is 19.1. The van der Waals surface area contributed by atoms with E-state index in [0.29, 0.717) is 12.1 Å². The van der Waals surface area contributed by atoms with Gasteiger partial charge in [-0.15, -0.1) is 5.10 Å². The van der Waals surface area contributed by atoms with E-state index in [1.165, 1.54) is 39.7 Å². The van der Waals surface area contributed by atoms with Crippen molar-refractivity contribution >= 4 is 27.6 Å². The summed E-state index contributed by atoms with van der Waals surface area (Å²) in [6.07, 6.45) is 1.78. The fraction of sp³-hybridized carbons (Fsp3) is 0.0870. The summed E-state index contributed by atoms with van der Waals surface area (Å²) in [5, 5.41) is 10.7. The van der Waals surface area contributed by atoms with Gasteiger partial charge in [0.15, 0.2) is 5.78 Å². The normalized spacial score (nSPS) is 11.3. The summed E-state index contributed by atoms with van der Waals surface area (Å²) >= 11 is 0. The number of hydrogen-bond donors (Lipinski definition) is 0. The van der Waals surface area contributed by atoms with E-state index in [2.05, 4.69) is 39.1 Å². The molecule has 5 rings (SSSR count). The van der Waals surface area contributed by atoms with Gasteiger partial charge in [-0.25, -0.2) is 9.07 Å². The monoisotopic (exact) mass is 384 g/mol. The molecule has 0 aliphatic rings. The van der Waals surface area contributed by atoms with E-state index in [1.807, 2.05) is 24.3 Å². The highest BCUT2D eigenvalue weighted by Crippen LogP contribution is 2.29. The Labute approximate surface area is 166 Å². The Morgan fingerprint density at radius 2 is 1.48 bits per heavy atom. The number of halogens is 1. The molecule has 2 heterocycles. The SMILES string of the molecule is O=C(Cn1cc(Cn2c3ccccc3c3ccccc32)nn1)c1ccc(F)cc1. The maximum absolute atomic E-state index is 13.0. The molecular weight excluding hydrogens is 367 g/mol. The number of aromatic nitrogens is 4. The predicted molar refractivity (Wildman–Crippen MR) is 109 cm³/mol. The highest BCUT2D eigenvalue weighted by molar-refractivity contribution is 6.08. The van der Waals surface area contributed by atoms with Gasteiger partial charge in [0.1, 0.15) is 18.1 Å². The van der Waals surface area contributed by atoms with Crippen molar-refractivity contribution in [3.8, 4) is 0 Å². The Bertz CT molecular complexity index is 1280. The van der Waals surface area contributed by atoms with Crippen LogP contribution in [0.5, 0.6) is 0 Å². The lowest BCUT2D eigenvalue weighted by molar-refractivity contribution is 0.0967. The summed E-state index contributed by atoms with van der Waals surface area (Å²) in [5.74, 6) is -0.505. The molecule has 0 fully saturated rings. The van der Waals surface area contributed by atoms with E-state index in [4.69, 9.17) is 0 Å². The average Bonchev–Trinajstić information content (AvgIpc) is 3.32. The number of rotatable bonds is 5. The molecule has 0 unspecified atom stereocenters. The van der Waals surface area contributed by atoms with Crippen molar-refractivity contribution in [2.24, 2.45) is 0 Å². The zero-order valence-electron chi connectivity index (χ0n) is 15.5. The molecule has 0 atom stereocenters. The van der Waals surface area contributed by atoms with Crippen molar-refractivity contribution < 1.29 is 9.18 Å². The van der Waals surface area contributed by atoms with Crippen LogP contribution in [0.2, 0.25) is 0 Å². The van der Waals surface area contributed by atoms with Crippen LogP contribution in [0.25, 0.3) is 21.8 Å². The maximum atomic E-state index is 13.0. The summed E-state index contributed by atoms with van der Waals surface area (Å²) in [5.41, 5.74) is 3.48. The first-order valence-electron chi connectivity index (χ1n) is 9.33. The van der Waals surface area contributed by atoms with E-state index < -0.39 is 0 Å². The van der Waals surface area contributed by atoms with Crippen LogP contribution in [-0.4, -0.2) is 25.3 Å². The fourth-order valence-electron chi connectivity index (χ4n) is 3.70. The second-order valence-corrected chi connectivity index (χ2v) is 6.96. The van der Waals surface area contributed by atoms with Gasteiger partial charge in [-0.3, -0.25) is 4.79 Å². The number of para-hydroxylation sites is 2. The minimum atomic E-state index is -0.365. The quantitative estimate of drug-likeness (QED) is 0.421. The molecule has 0 saturated carbocycles. The van der Waals surface area contributed by atoms with Crippen LogP contribution in [-0.2, 0) is 13.1 Å². The van der Waals surface area contributed by atoms with E-state index in [9.17, 15) is 9.18 Å².